The van der Waals surface area contributed by atoms with E-state index in [2.05, 4.69) is 69.2 Å². The number of pyridine rings is 1. The van der Waals surface area contributed by atoms with E-state index < -0.39 is 0 Å². The molecule has 2 aliphatic rings. The molecule has 8 rings (SSSR count). The van der Waals surface area contributed by atoms with Gasteiger partial charge in [0.25, 0.3) is 0 Å². The predicted molar refractivity (Wildman–Crippen MR) is 227 cm³/mol. The van der Waals surface area contributed by atoms with Crippen molar-refractivity contribution in [1.82, 2.24) is 34.5 Å². The minimum absolute atomic E-state index is 0.00149. The summed E-state index contributed by atoms with van der Waals surface area (Å²) in [7, 11) is 0. The molecule has 6 aromatic rings. The van der Waals surface area contributed by atoms with Crippen LogP contribution in [0.3, 0.4) is 0 Å². The zero-order valence-electron chi connectivity index (χ0n) is 33.9. The monoisotopic (exact) mass is 823 g/mol. The third kappa shape index (κ3) is 8.82. The van der Waals surface area contributed by atoms with Crippen LogP contribution in [0.15, 0.2) is 73.3 Å². The van der Waals surface area contributed by atoms with Crippen molar-refractivity contribution >= 4 is 46.2 Å². The van der Waals surface area contributed by atoms with Gasteiger partial charge in [0.1, 0.15) is 52.9 Å². The average molecular weight is 824 g/mol. The number of imidazole rings is 1. The first-order valence-electron chi connectivity index (χ1n) is 19.4. The second kappa shape index (κ2) is 16.8. The third-order valence-corrected chi connectivity index (χ3v) is 10.5. The topological polar surface area (TPSA) is 153 Å². The Balaban J connectivity index is 0.000000198. The Bertz CT molecular complexity index is 2440. The molecule has 0 amide bonds. The van der Waals surface area contributed by atoms with E-state index >= 15 is 0 Å². The van der Waals surface area contributed by atoms with Crippen molar-refractivity contribution in [3.05, 3.63) is 124 Å². The fraction of sp³-hybridized carbons (Fsp3) is 0.349. The molecule has 2 aliphatic heterocycles. The molecular formula is C43H48ClF2N11O2. The number of rotatable bonds is 11. The Morgan fingerprint density at radius 3 is 1.73 bits per heavy atom. The quantitative estimate of drug-likeness (QED) is 0.0968. The zero-order valence-corrected chi connectivity index (χ0v) is 34.7. The highest BCUT2D eigenvalue weighted by Gasteiger charge is 2.42. The Hall–Kier alpha value is -5.77. The molecule has 0 bridgehead atoms. The lowest BCUT2D eigenvalue weighted by molar-refractivity contribution is 0.310. The fourth-order valence-corrected chi connectivity index (χ4v) is 7.88. The lowest BCUT2D eigenvalue weighted by atomic mass is 9.88. The number of halogens is 3. The lowest BCUT2D eigenvalue weighted by Crippen LogP contribution is -2.25. The highest BCUT2D eigenvalue weighted by Crippen LogP contribution is 2.47. The van der Waals surface area contributed by atoms with Crippen molar-refractivity contribution in [2.24, 2.45) is 0 Å². The normalized spacial score (nSPS) is 14.8. The summed E-state index contributed by atoms with van der Waals surface area (Å²) in [6.45, 7) is 14.6. The third-order valence-electron chi connectivity index (χ3n) is 10.3. The van der Waals surface area contributed by atoms with E-state index in [0.29, 0.717) is 55.9 Å². The maximum atomic E-state index is 13.6. The van der Waals surface area contributed by atoms with Gasteiger partial charge in [-0.05, 0) is 85.1 Å². The Morgan fingerprint density at radius 1 is 0.712 bits per heavy atom. The number of fused-ring (bicyclic) bond motifs is 2. The van der Waals surface area contributed by atoms with Crippen molar-refractivity contribution in [3.63, 3.8) is 0 Å². The Kier molecular flexibility index (Phi) is 11.8. The molecule has 0 atom stereocenters. The average Bonchev–Trinajstić information content (AvgIpc) is 3.83. The molecule has 0 saturated carbocycles. The van der Waals surface area contributed by atoms with Gasteiger partial charge in [0.05, 0.1) is 18.9 Å². The molecule has 0 radical (unpaired) electrons. The predicted octanol–water partition coefficient (Wildman–Crippen LogP) is 7.34. The molecule has 4 N–H and O–H groups in total. The molecule has 13 nitrogen and oxygen atoms in total. The minimum Gasteiger partial charge on any atom is -0.395 e. The summed E-state index contributed by atoms with van der Waals surface area (Å²) in [5, 5.41) is 25.0. The van der Waals surface area contributed by atoms with Crippen molar-refractivity contribution in [2.75, 3.05) is 59.8 Å². The van der Waals surface area contributed by atoms with Crippen LogP contribution in [0.5, 0.6) is 0 Å². The number of aliphatic hydroxyl groups excluding tert-OH is 2. The van der Waals surface area contributed by atoms with Crippen LogP contribution in [0, 0.1) is 25.5 Å². The number of anilines is 6. The van der Waals surface area contributed by atoms with E-state index in [4.69, 9.17) is 26.7 Å². The Morgan fingerprint density at radius 2 is 1.24 bits per heavy atom. The highest BCUT2D eigenvalue weighted by molar-refractivity contribution is 6.28. The van der Waals surface area contributed by atoms with Gasteiger partial charge in [0.15, 0.2) is 0 Å². The van der Waals surface area contributed by atoms with E-state index in [9.17, 15) is 13.9 Å². The summed E-state index contributed by atoms with van der Waals surface area (Å²) in [5.74, 6) is 3.78. The summed E-state index contributed by atoms with van der Waals surface area (Å²) in [4.78, 5) is 31.6. The number of nitrogens with one attached hydrogen (secondary N) is 2. The number of aliphatic hydroxyl groups is 2. The van der Waals surface area contributed by atoms with Crippen LogP contribution < -0.4 is 20.4 Å². The van der Waals surface area contributed by atoms with Gasteiger partial charge >= 0.3 is 0 Å². The van der Waals surface area contributed by atoms with Gasteiger partial charge < -0.3 is 30.6 Å². The lowest BCUT2D eigenvalue weighted by Gasteiger charge is -2.22. The number of aromatic nitrogens is 7. The zero-order chi connectivity index (χ0) is 42.1. The standard InChI is InChI=1S/C27H30FN7O.C16H18ClFN4O/c1-17-11-19(13-30-25(17)34-14-18(2)31-16-34)12-22-32-24(29-9-10-36)23-26(33-22)35(15-27(23,3)4)21-7-5-20(28)6-8-21;1-16(2)9-22(11-5-3-10(18)4-6-11)14-12(16)13(19-7-8-23)20-15(17)21-14/h5-8,11,13-14,16,36H,9-10,12,15H2,1-4H3,(H,29,32,33);3-6,23H,7-9H2,1-2H3,(H,19,20,21). The first-order valence-corrected chi connectivity index (χ1v) is 19.8. The van der Waals surface area contributed by atoms with Gasteiger partial charge in [0.2, 0.25) is 5.28 Å². The van der Waals surface area contributed by atoms with Crippen LogP contribution in [-0.2, 0) is 17.3 Å². The molecule has 2 aromatic carbocycles. The van der Waals surface area contributed by atoms with Crippen LogP contribution in [0.1, 0.15) is 61.5 Å². The molecule has 308 valence electrons. The van der Waals surface area contributed by atoms with Gasteiger partial charge in [-0.1, -0.05) is 33.8 Å². The van der Waals surface area contributed by atoms with E-state index in [1.54, 1.807) is 30.6 Å². The molecule has 0 spiro atoms. The van der Waals surface area contributed by atoms with Crippen LogP contribution in [0.25, 0.3) is 5.82 Å². The van der Waals surface area contributed by atoms with Crippen LogP contribution >= 0.6 is 11.6 Å². The summed E-state index contributed by atoms with van der Waals surface area (Å²) >= 11 is 6.07. The molecule has 6 heterocycles. The molecule has 0 unspecified atom stereocenters. The molecule has 0 fully saturated rings. The van der Waals surface area contributed by atoms with Gasteiger partial charge in [-0.25, -0.2) is 33.7 Å². The number of benzene rings is 2. The largest absolute Gasteiger partial charge is 0.395 e. The second-order valence-electron chi connectivity index (χ2n) is 16.0. The summed E-state index contributed by atoms with van der Waals surface area (Å²) in [6.07, 6.45) is 6.05. The van der Waals surface area contributed by atoms with Crippen molar-refractivity contribution < 1.29 is 19.0 Å². The van der Waals surface area contributed by atoms with E-state index in [0.717, 1.165) is 51.0 Å². The fourth-order valence-electron chi connectivity index (χ4n) is 7.72. The van der Waals surface area contributed by atoms with Crippen molar-refractivity contribution in [1.29, 1.82) is 0 Å². The molecule has 59 heavy (non-hydrogen) atoms. The van der Waals surface area contributed by atoms with Gasteiger partial charge in [-0.15, -0.1) is 0 Å². The molecule has 16 heteroatoms. The van der Waals surface area contributed by atoms with E-state index in [1.165, 1.54) is 24.3 Å². The molecule has 4 aromatic heterocycles. The number of hydrogen-bond acceptors (Lipinski definition) is 12. The van der Waals surface area contributed by atoms with Crippen LogP contribution in [0.2, 0.25) is 5.28 Å². The highest BCUT2D eigenvalue weighted by atomic mass is 35.5. The first-order chi connectivity index (χ1) is 28.2. The molecular weight excluding hydrogens is 776 g/mol. The van der Waals surface area contributed by atoms with Crippen molar-refractivity contribution in [3.8, 4) is 5.82 Å². The second-order valence-corrected chi connectivity index (χ2v) is 16.3. The van der Waals surface area contributed by atoms with Gasteiger partial charge in [0, 0.05) is 78.3 Å². The van der Waals surface area contributed by atoms with E-state index in [1.807, 2.05) is 35.7 Å². The number of aryl methyl sites for hydroxylation is 2. The number of hydrogen-bond donors (Lipinski definition) is 4. The smallest absolute Gasteiger partial charge is 0.226 e. The maximum Gasteiger partial charge on any atom is 0.226 e. The number of nitrogens with zero attached hydrogens (tertiary/aromatic N) is 9. The summed E-state index contributed by atoms with van der Waals surface area (Å²) < 4.78 is 28.7. The maximum absolute atomic E-state index is 13.6. The van der Waals surface area contributed by atoms with E-state index in [-0.39, 0.29) is 41.0 Å². The summed E-state index contributed by atoms with van der Waals surface area (Å²) in [6, 6.07) is 14.9. The van der Waals surface area contributed by atoms with Gasteiger partial charge in [-0.3, -0.25) is 4.57 Å². The molecule has 0 aliphatic carbocycles. The minimum atomic E-state index is -0.279. The Labute approximate surface area is 347 Å². The van der Waals surface area contributed by atoms with Gasteiger partial charge in [-0.2, -0.15) is 4.98 Å². The SMILES string of the molecule is CC1(C)CN(c2ccc(F)cc2)c2nc(Cl)nc(NCCO)c21.Cc1cn(-c2ncc(Cc3nc(NCCO)c4c(n3)N(c3ccc(F)cc3)CC4(C)C)cc2C)cn1. The van der Waals surface area contributed by atoms with Crippen molar-refractivity contribution in [2.45, 2.75) is 58.8 Å². The summed E-state index contributed by atoms with van der Waals surface area (Å²) in [5.41, 5.74) is 6.15. The first kappa shape index (κ1) is 41.4. The molecule has 0 saturated heterocycles. The van der Waals surface area contributed by atoms with Crippen LogP contribution in [-0.4, -0.2) is 84.1 Å². The van der Waals surface area contributed by atoms with Crippen LogP contribution in [0.4, 0.5) is 43.4 Å².